The number of aromatic hydroxyl groups is 1. The van der Waals surface area contributed by atoms with Crippen molar-refractivity contribution in [3.05, 3.63) is 29.7 Å². The number of nitrogens with one attached hydrogen (secondary N) is 2. The fraction of sp³-hybridized carbons (Fsp3) is 0.267. The normalized spacial score (nSPS) is 23.3. The van der Waals surface area contributed by atoms with Gasteiger partial charge in [0.25, 0.3) is 5.91 Å². The minimum atomic E-state index is -4.29. The zero-order chi connectivity index (χ0) is 19.5. The predicted molar refractivity (Wildman–Crippen MR) is 90.1 cm³/mol. The van der Waals surface area contributed by atoms with E-state index in [1.54, 1.807) is 4.72 Å². The molecule has 1 saturated heterocycles. The van der Waals surface area contributed by atoms with E-state index in [9.17, 15) is 23.1 Å². The van der Waals surface area contributed by atoms with Crippen LogP contribution in [0.5, 0.6) is 5.75 Å². The molecule has 1 aliphatic carbocycles. The molecule has 0 bridgehead atoms. The first-order chi connectivity index (χ1) is 12.7. The molecule has 2 aromatic rings. The predicted octanol–water partition coefficient (Wildman–Crippen LogP) is -0.309. The second-order valence-electron chi connectivity index (χ2n) is 6.39. The van der Waals surface area contributed by atoms with Gasteiger partial charge in [0.1, 0.15) is 18.0 Å². The minimum Gasteiger partial charge on any atom is -0.506 e. The molecule has 2 aliphatic rings. The molecule has 5 N–H and O–H groups in total. The van der Waals surface area contributed by atoms with E-state index in [1.807, 2.05) is 0 Å². The summed E-state index contributed by atoms with van der Waals surface area (Å²) in [5.41, 5.74) is 5.33. The van der Waals surface area contributed by atoms with Crippen molar-refractivity contribution in [1.29, 1.82) is 0 Å². The summed E-state index contributed by atoms with van der Waals surface area (Å²) < 4.78 is 41.2. The molecule has 142 valence electrons. The Kier molecular flexibility index (Phi) is 3.63. The van der Waals surface area contributed by atoms with Gasteiger partial charge in [-0.2, -0.15) is 13.5 Å². The van der Waals surface area contributed by atoms with Gasteiger partial charge in [-0.3, -0.25) is 14.7 Å². The van der Waals surface area contributed by atoms with Crippen LogP contribution in [0.2, 0.25) is 0 Å². The van der Waals surface area contributed by atoms with Crippen LogP contribution < -0.4 is 14.8 Å². The quantitative estimate of drug-likeness (QED) is 0.556. The number of anilines is 1. The highest BCUT2D eigenvalue weighted by Crippen LogP contribution is 2.47. The monoisotopic (exact) mass is 395 g/mol. The zero-order valence-electron chi connectivity index (χ0n) is 13.6. The molecule has 1 aromatic heterocycles. The molecule has 0 radical (unpaired) electrons. The van der Waals surface area contributed by atoms with Gasteiger partial charge in [-0.1, -0.05) is 0 Å². The highest BCUT2D eigenvalue weighted by Gasteiger charge is 2.44. The smallest absolute Gasteiger partial charge is 0.326 e. The zero-order valence-corrected chi connectivity index (χ0v) is 14.5. The SMILES string of the molecule is NC(=O)C1CC1c1cc(-c2ccc(O)c(N3CC(=O)NS3(=O)=O)c2F)[nH]n1. The first-order valence-corrected chi connectivity index (χ1v) is 9.33. The fourth-order valence-corrected chi connectivity index (χ4v) is 4.31. The maximum atomic E-state index is 15.0. The van der Waals surface area contributed by atoms with Gasteiger partial charge in [-0.15, -0.1) is 0 Å². The van der Waals surface area contributed by atoms with E-state index in [0.29, 0.717) is 16.4 Å². The Bertz CT molecular complexity index is 1080. The molecule has 2 fully saturated rings. The van der Waals surface area contributed by atoms with Crippen molar-refractivity contribution in [2.45, 2.75) is 12.3 Å². The number of halogens is 1. The van der Waals surface area contributed by atoms with Gasteiger partial charge >= 0.3 is 10.2 Å². The van der Waals surface area contributed by atoms with Crippen molar-refractivity contribution >= 4 is 27.7 Å². The number of phenols is 1. The Morgan fingerprint density at radius 2 is 2.15 bits per heavy atom. The first-order valence-electron chi connectivity index (χ1n) is 7.89. The standard InChI is InChI=1S/C15H14FN5O5S/c16-13-6(9-4-10(19-18-9)7-3-8(7)15(17)24)1-2-11(22)14(13)21-5-12(23)20-27(21,25)26/h1-2,4,7-8,22H,3,5H2,(H2,17,24)(H,18,19)(H,20,23). The van der Waals surface area contributed by atoms with Crippen molar-refractivity contribution < 1.29 is 27.5 Å². The number of aromatic nitrogens is 2. The van der Waals surface area contributed by atoms with E-state index in [1.165, 1.54) is 12.1 Å². The van der Waals surface area contributed by atoms with Crippen LogP contribution in [0.15, 0.2) is 18.2 Å². The third kappa shape index (κ3) is 2.77. The van der Waals surface area contributed by atoms with Crippen LogP contribution in [0.25, 0.3) is 11.3 Å². The molecule has 2 amide bonds. The summed E-state index contributed by atoms with van der Waals surface area (Å²) >= 11 is 0. The number of nitrogens with zero attached hydrogens (tertiary/aromatic N) is 2. The Labute approximate surface area is 152 Å². The van der Waals surface area contributed by atoms with Crippen molar-refractivity contribution in [3.63, 3.8) is 0 Å². The third-order valence-corrected chi connectivity index (χ3v) is 5.97. The minimum absolute atomic E-state index is 0.0487. The number of rotatable bonds is 4. The van der Waals surface area contributed by atoms with E-state index in [-0.39, 0.29) is 23.1 Å². The summed E-state index contributed by atoms with van der Waals surface area (Å²) in [5.74, 6) is -3.39. The molecule has 1 aliphatic heterocycles. The lowest BCUT2D eigenvalue weighted by atomic mass is 10.1. The van der Waals surface area contributed by atoms with Crippen LogP contribution >= 0.6 is 0 Å². The fourth-order valence-electron chi connectivity index (χ4n) is 3.15. The average molecular weight is 395 g/mol. The van der Waals surface area contributed by atoms with E-state index in [2.05, 4.69) is 10.2 Å². The van der Waals surface area contributed by atoms with Crippen molar-refractivity contribution in [2.24, 2.45) is 11.7 Å². The average Bonchev–Trinajstić information content (AvgIpc) is 3.15. The summed E-state index contributed by atoms with van der Waals surface area (Å²) in [5, 5.41) is 16.7. The number of aromatic amines is 1. The number of H-pyrrole nitrogens is 1. The molecule has 1 aromatic carbocycles. The molecule has 10 nitrogen and oxygen atoms in total. The van der Waals surface area contributed by atoms with Crippen LogP contribution in [0.1, 0.15) is 18.0 Å². The maximum absolute atomic E-state index is 15.0. The molecule has 1 saturated carbocycles. The number of hydrogen-bond acceptors (Lipinski definition) is 6. The molecular formula is C15H14FN5O5S. The van der Waals surface area contributed by atoms with Crippen molar-refractivity contribution in [2.75, 3.05) is 10.8 Å². The number of nitrogens with two attached hydrogens (primary N) is 1. The van der Waals surface area contributed by atoms with Crippen LogP contribution in [0, 0.1) is 11.7 Å². The van der Waals surface area contributed by atoms with Gasteiger partial charge in [0.2, 0.25) is 5.91 Å². The number of phenolic OH excluding ortho intramolecular Hbond substituents is 1. The van der Waals surface area contributed by atoms with Gasteiger partial charge in [0.15, 0.2) is 5.82 Å². The van der Waals surface area contributed by atoms with Gasteiger partial charge in [0, 0.05) is 17.4 Å². The molecule has 2 heterocycles. The largest absolute Gasteiger partial charge is 0.506 e. The van der Waals surface area contributed by atoms with Gasteiger partial charge in [-0.05, 0) is 24.6 Å². The lowest BCUT2D eigenvalue weighted by Gasteiger charge is -2.18. The molecule has 4 rings (SSSR count). The summed E-state index contributed by atoms with van der Waals surface area (Å²) in [6.45, 7) is -0.646. The maximum Gasteiger partial charge on any atom is 0.326 e. The lowest BCUT2D eigenvalue weighted by Crippen LogP contribution is -2.30. The van der Waals surface area contributed by atoms with E-state index in [0.717, 1.165) is 6.07 Å². The summed E-state index contributed by atoms with van der Waals surface area (Å²) in [4.78, 5) is 22.6. The van der Waals surface area contributed by atoms with Crippen LogP contribution in [0.3, 0.4) is 0 Å². The van der Waals surface area contributed by atoms with Gasteiger partial charge in [0.05, 0.1) is 11.4 Å². The van der Waals surface area contributed by atoms with Crippen LogP contribution in [-0.4, -0.2) is 42.1 Å². The summed E-state index contributed by atoms with van der Waals surface area (Å²) in [6.07, 6.45) is 0.558. The van der Waals surface area contributed by atoms with Gasteiger partial charge < -0.3 is 10.8 Å². The number of carbonyl (C=O) groups is 2. The number of hydrogen-bond donors (Lipinski definition) is 4. The van der Waals surface area contributed by atoms with Crippen molar-refractivity contribution in [1.82, 2.24) is 14.9 Å². The third-order valence-electron chi connectivity index (χ3n) is 4.59. The van der Waals surface area contributed by atoms with E-state index >= 15 is 4.39 Å². The summed E-state index contributed by atoms with van der Waals surface area (Å²) in [6, 6.07) is 3.91. The Morgan fingerprint density at radius 3 is 2.74 bits per heavy atom. The van der Waals surface area contributed by atoms with E-state index in [4.69, 9.17) is 5.73 Å². The van der Waals surface area contributed by atoms with E-state index < -0.39 is 45.8 Å². The highest BCUT2D eigenvalue weighted by atomic mass is 32.2. The van der Waals surface area contributed by atoms with Crippen LogP contribution in [0.4, 0.5) is 10.1 Å². The molecule has 2 atom stereocenters. The molecule has 0 spiro atoms. The molecule has 2 unspecified atom stereocenters. The Balaban J connectivity index is 1.73. The van der Waals surface area contributed by atoms with Crippen LogP contribution in [-0.2, 0) is 19.8 Å². The Morgan fingerprint density at radius 1 is 1.41 bits per heavy atom. The Hall–Kier alpha value is -3.15. The molecular weight excluding hydrogens is 381 g/mol. The number of benzene rings is 1. The second-order valence-corrected chi connectivity index (χ2v) is 7.98. The molecule has 12 heteroatoms. The highest BCUT2D eigenvalue weighted by molar-refractivity contribution is 7.92. The lowest BCUT2D eigenvalue weighted by molar-refractivity contribution is -0.119. The number of amides is 2. The topological polar surface area (TPSA) is 158 Å². The second kappa shape index (κ2) is 5.67. The van der Waals surface area contributed by atoms with Crippen molar-refractivity contribution in [3.8, 4) is 17.0 Å². The number of carbonyl (C=O) groups excluding carboxylic acids is 2. The number of primary amides is 1. The summed E-state index contributed by atoms with van der Waals surface area (Å²) in [7, 11) is -4.29. The molecule has 27 heavy (non-hydrogen) atoms. The first kappa shape index (κ1) is 17.3. The van der Waals surface area contributed by atoms with Gasteiger partial charge in [-0.25, -0.2) is 13.4 Å².